The normalized spacial score (nSPS) is 20.1. The molecule has 1 saturated heterocycles. The molecule has 0 bridgehead atoms. The van der Waals surface area contributed by atoms with Gasteiger partial charge in [-0.1, -0.05) is 12.1 Å². The zero-order valence-corrected chi connectivity index (χ0v) is 15.6. The summed E-state index contributed by atoms with van der Waals surface area (Å²) in [5.41, 5.74) is 6.09. The summed E-state index contributed by atoms with van der Waals surface area (Å²) in [6, 6.07) is 7.23. The van der Waals surface area contributed by atoms with Crippen molar-refractivity contribution in [1.82, 2.24) is 9.88 Å². The molecule has 1 atom stereocenters. The third-order valence-corrected chi connectivity index (χ3v) is 5.65. The van der Waals surface area contributed by atoms with Crippen LogP contribution in [0.2, 0.25) is 0 Å². The lowest BCUT2D eigenvalue weighted by atomic mass is 10.1. The Morgan fingerprint density at radius 1 is 1.22 bits per heavy atom. The third-order valence-electron chi connectivity index (χ3n) is 4.81. The summed E-state index contributed by atoms with van der Waals surface area (Å²) in [5, 5.41) is 2.99. The fourth-order valence-corrected chi connectivity index (χ4v) is 4.06. The molecule has 4 rings (SSSR count). The Morgan fingerprint density at radius 2 is 2.00 bits per heavy atom. The van der Waals surface area contributed by atoms with Gasteiger partial charge in [-0.25, -0.2) is 4.98 Å². The zero-order chi connectivity index (χ0) is 18.8. The first kappa shape index (κ1) is 17.7. The fourth-order valence-electron chi connectivity index (χ4n) is 3.36. The highest BCUT2D eigenvalue weighted by molar-refractivity contribution is 7.13. The van der Waals surface area contributed by atoms with Crippen LogP contribution in [-0.4, -0.2) is 67.1 Å². The summed E-state index contributed by atoms with van der Waals surface area (Å²) < 4.78 is 5.62. The summed E-state index contributed by atoms with van der Waals surface area (Å²) in [4.78, 5) is 34.9. The molecule has 1 fully saturated rings. The zero-order valence-electron chi connectivity index (χ0n) is 14.8. The van der Waals surface area contributed by atoms with Crippen LogP contribution >= 0.6 is 11.3 Å². The van der Waals surface area contributed by atoms with Crippen molar-refractivity contribution < 1.29 is 14.3 Å². The number of para-hydroxylation sites is 2. The van der Waals surface area contributed by atoms with Crippen molar-refractivity contribution in [3.05, 3.63) is 35.8 Å². The van der Waals surface area contributed by atoms with Crippen molar-refractivity contribution in [1.29, 1.82) is 0 Å². The number of benzene rings is 1. The van der Waals surface area contributed by atoms with E-state index in [0.29, 0.717) is 18.0 Å². The van der Waals surface area contributed by atoms with Gasteiger partial charge in [-0.3, -0.25) is 14.5 Å². The highest BCUT2D eigenvalue weighted by atomic mass is 32.1. The summed E-state index contributed by atoms with van der Waals surface area (Å²) in [5.74, 6) is -0.117. The minimum atomic E-state index is -0.828. The van der Waals surface area contributed by atoms with Crippen LogP contribution in [0.1, 0.15) is 0 Å². The fraction of sp³-hybridized carbons (Fsp3) is 0.389. The maximum absolute atomic E-state index is 13.0. The summed E-state index contributed by atoms with van der Waals surface area (Å²) >= 11 is 1.63. The second kappa shape index (κ2) is 7.53. The lowest BCUT2D eigenvalue weighted by Gasteiger charge is -2.37. The highest BCUT2D eigenvalue weighted by Crippen LogP contribution is 2.33. The van der Waals surface area contributed by atoms with Gasteiger partial charge in [0.25, 0.3) is 5.91 Å². The van der Waals surface area contributed by atoms with Gasteiger partial charge < -0.3 is 20.3 Å². The second-order valence-corrected chi connectivity index (χ2v) is 7.43. The van der Waals surface area contributed by atoms with Crippen LogP contribution < -0.4 is 20.3 Å². The number of fused-ring (bicyclic) bond motifs is 1. The van der Waals surface area contributed by atoms with E-state index in [1.165, 1.54) is 0 Å². The van der Waals surface area contributed by atoms with E-state index in [0.717, 1.165) is 31.3 Å². The number of nitrogens with zero attached hydrogens (tertiary/aromatic N) is 4. The van der Waals surface area contributed by atoms with Crippen LogP contribution in [0.5, 0.6) is 5.75 Å². The molecule has 0 saturated carbocycles. The number of piperazine rings is 1. The van der Waals surface area contributed by atoms with Crippen LogP contribution in [-0.2, 0) is 9.59 Å². The van der Waals surface area contributed by atoms with Crippen molar-refractivity contribution >= 4 is 34.0 Å². The molecule has 2 amide bonds. The van der Waals surface area contributed by atoms with Crippen LogP contribution in [0.3, 0.4) is 0 Å². The lowest BCUT2D eigenvalue weighted by molar-refractivity contribution is -0.125. The topological polar surface area (TPSA) is 92.0 Å². The van der Waals surface area contributed by atoms with E-state index in [1.807, 2.05) is 23.6 Å². The molecule has 9 heteroatoms. The molecule has 1 unspecified atom stereocenters. The van der Waals surface area contributed by atoms with Crippen molar-refractivity contribution in [2.75, 3.05) is 49.1 Å². The molecule has 8 nitrogen and oxygen atoms in total. The average Bonchev–Trinajstić information content (AvgIpc) is 3.22. The van der Waals surface area contributed by atoms with E-state index in [4.69, 9.17) is 10.5 Å². The number of hydrogen-bond donors (Lipinski definition) is 1. The van der Waals surface area contributed by atoms with E-state index in [1.54, 1.807) is 28.5 Å². The smallest absolute Gasteiger partial charge is 0.260 e. The number of carbonyl (C=O) groups is 2. The summed E-state index contributed by atoms with van der Waals surface area (Å²) in [6.45, 7) is 3.69. The number of hydrogen-bond acceptors (Lipinski definition) is 7. The van der Waals surface area contributed by atoms with Crippen LogP contribution in [0.15, 0.2) is 35.8 Å². The predicted octanol–water partition coefficient (Wildman–Crippen LogP) is 0.545. The largest absolute Gasteiger partial charge is 0.477 e. The van der Waals surface area contributed by atoms with E-state index in [9.17, 15) is 9.59 Å². The molecule has 0 radical (unpaired) electrons. The molecule has 1 aromatic heterocycles. The summed E-state index contributed by atoms with van der Waals surface area (Å²) in [6.07, 6.45) is 0.978. The van der Waals surface area contributed by atoms with Gasteiger partial charge in [0.05, 0.1) is 18.8 Å². The van der Waals surface area contributed by atoms with Gasteiger partial charge >= 0.3 is 0 Å². The number of amides is 2. The number of primary amides is 1. The molecule has 3 heterocycles. The van der Waals surface area contributed by atoms with Gasteiger partial charge in [-0.05, 0) is 12.1 Å². The Kier molecular flexibility index (Phi) is 4.95. The van der Waals surface area contributed by atoms with Gasteiger partial charge in [0.15, 0.2) is 11.2 Å². The molecule has 0 spiro atoms. The number of anilines is 2. The van der Waals surface area contributed by atoms with Crippen LogP contribution in [0.25, 0.3) is 0 Å². The second-order valence-electron chi connectivity index (χ2n) is 6.56. The number of aromatic nitrogens is 1. The maximum atomic E-state index is 13.0. The monoisotopic (exact) mass is 387 g/mol. The average molecular weight is 387 g/mol. The molecular weight excluding hydrogens is 366 g/mol. The quantitative estimate of drug-likeness (QED) is 0.824. The molecule has 142 valence electrons. The molecule has 2 aromatic rings. The Hall–Kier alpha value is -2.65. The number of nitrogens with two attached hydrogens (primary N) is 1. The van der Waals surface area contributed by atoms with Gasteiger partial charge in [-0.2, -0.15) is 0 Å². The predicted molar refractivity (Wildman–Crippen MR) is 103 cm³/mol. The third kappa shape index (κ3) is 3.74. The van der Waals surface area contributed by atoms with Crippen molar-refractivity contribution in [2.45, 2.75) is 6.10 Å². The summed E-state index contributed by atoms with van der Waals surface area (Å²) in [7, 11) is 0. The highest BCUT2D eigenvalue weighted by Gasteiger charge is 2.33. The first-order chi connectivity index (χ1) is 13.1. The molecule has 1 aromatic carbocycles. The molecule has 2 N–H and O–H groups in total. The van der Waals surface area contributed by atoms with Gasteiger partial charge in [0.1, 0.15) is 5.75 Å². The first-order valence-electron chi connectivity index (χ1n) is 8.84. The minimum absolute atomic E-state index is 0.0558. The van der Waals surface area contributed by atoms with Gasteiger partial charge in [-0.15, -0.1) is 11.3 Å². The van der Waals surface area contributed by atoms with Crippen LogP contribution in [0, 0.1) is 0 Å². The van der Waals surface area contributed by atoms with E-state index < -0.39 is 12.0 Å². The van der Waals surface area contributed by atoms with Crippen molar-refractivity contribution in [3.63, 3.8) is 0 Å². The molecule has 0 aliphatic carbocycles. The molecule has 2 aliphatic rings. The minimum Gasteiger partial charge on any atom is -0.477 e. The number of rotatable bonds is 4. The molecular formula is C18H21N5O3S. The van der Waals surface area contributed by atoms with E-state index in [2.05, 4.69) is 14.8 Å². The first-order valence-corrected chi connectivity index (χ1v) is 9.72. The van der Waals surface area contributed by atoms with Crippen molar-refractivity contribution in [2.24, 2.45) is 5.73 Å². The van der Waals surface area contributed by atoms with Gasteiger partial charge in [0.2, 0.25) is 5.91 Å². The lowest BCUT2D eigenvalue weighted by Crippen LogP contribution is -2.54. The Labute approximate surface area is 161 Å². The Morgan fingerprint density at radius 3 is 2.70 bits per heavy atom. The Balaban J connectivity index is 1.41. The Bertz CT molecular complexity index is 820. The van der Waals surface area contributed by atoms with E-state index >= 15 is 0 Å². The van der Waals surface area contributed by atoms with E-state index in [-0.39, 0.29) is 12.5 Å². The number of thiazole rings is 1. The number of carbonyl (C=O) groups excluding carboxylic acids is 2. The maximum Gasteiger partial charge on any atom is 0.260 e. The molecule has 27 heavy (non-hydrogen) atoms. The molecule has 2 aliphatic heterocycles. The van der Waals surface area contributed by atoms with Crippen LogP contribution in [0.4, 0.5) is 10.8 Å². The standard InChI is InChI=1S/C18H21N5O3S/c19-17(25)15-11-23(13-3-1-2-4-14(13)26-15)16(24)12-21-6-8-22(9-7-21)18-20-5-10-27-18/h1-5,10,15H,6-9,11-12H2,(H2,19,25). The SMILES string of the molecule is NC(=O)C1CN(C(=O)CN2CCN(c3nccs3)CC2)c2ccccc2O1. The number of ether oxygens (including phenoxy) is 1. The van der Waals surface area contributed by atoms with Crippen molar-refractivity contribution in [3.8, 4) is 5.75 Å². The van der Waals surface area contributed by atoms with Gasteiger partial charge in [0, 0.05) is 37.8 Å².